The number of nitrogens with zero attached hydrogens (tertiary/aromatic N) is 4. The third-order valence-electron chi connectivity index (χ3n) is 12.6. The molecule has 8 heteroatoms. The molecule has 6 nitrogen and oxygen atoms in total. The number of unbranched alkanes of at least 4 members (excludes halogenated alkanes) is 12. The van der Waals surface area contributed by atoms with Gasteiger partial charge in [0.15, 0.2) is 0 Å². The van der Waals surface area contributed by atoms with Crippen LogP contribution >= 0.6 is 45.2 Å². The van der Waals surface area contributed by atoms with Crippen LogP contribution in [0.2, 0.25) is 0 Å². The van der Waals surface area contributed by atoms with Gasteiger partial charge in [0.2, 0.25) is 0 Å². The molecule has 0 N–H and O–H groups in total. The molecule has 2 aromatic heterocycles. The molecule has 0 radical (unpaired) electrons. The zero-order valence-corrected chi connectivity index (χ0v) is 36.1. The second-order valence-electron chi connectivity index (χ2n) is 15.8. The van der Waals surface area contributed by atoms with Gasteiger partial charge in [-0.1, -0.05) is 130 Å². The Morgan fingerprint density at radius 2 is 0.750 bits per heavy atom. The predicted octanol–water partition coefficient (Wildman–Crippen LogP) is 14.4. The maximum absolute atomic E-state index is 5.54. The van der Waals surface area contributed by atoms with E-state index in [1.54, 1.807) is 0 Å². The highest BCUT2D eigenvalue weighted by atomic mass is 127. The average Bonchev–Trinajstić information content (AvgIpc) is 3.93. The first kappa shape index (κ1) is 38.2. The molecule has 0 aliphatic heterocycles. The molecule has 0 atom stereocenters. The van der Waals surface area contributed by atoms with Crippen molar-refractivity contribution in [2.75, 3.05) is 0 Å². The molecule has 3 aromatic carbocycles. The highest BCUT2D eigenvalue weighted by Crippen LogP contribution is 2.62. The van der Waals surface area contributed by atoms with Gasteiger partial charge in [0.25, 0.3) is 0 Å². The first-order valence-corrected chi connectivity index (χ1v) is 22.7. The number of halogens is 2. The Morgan fingerprint density at radius 1 is 0.423 bits per heavy atom. The molecule has 5 aromatic rings. The van der Waals surface area contributed by atoms with Crippen molar-refractivity contribution in [1.29, 1.82) is 0 Å². The van der Waals surface area contributed by atoms with Gasteiger partial charge < -0.3 is 0 Å². The van der Waals surface area contributed by atoms with Gasteiger partial charge in [0.05, 0.1) is 0 Å². The molecule has 2 aliphatic rings. The maximum atomic E-state index is 5.54. The van der Waals surface area contributed by atoms with E-state index in [0.717, 1.165) is 54.9 Å². The van der Waals surface area contributed by atoms with Crippen LogP contribution in [0.15, 0.2) is 33.5 Å². The molecule has 7 rings (SSSR count). The fraction of sp³-hybridized carbons (Fsp3) is 0.591. The Hall–Kier alpha value is -2.08. The average molecular weight is 927 g/mol. The summed E-state index contributed by atoms with van der Waals surface area (Å²) in [6, 6.07) is 10.2. The number of fused-ring (bicyclic) bond motifs is 10. The van der Waals surface area contributed by atoms with Gasteiger partial charge in [-0.3, -0.25) is 0 Å². The lowest BCUT2D eigenvalue weighted by Crippen LogP contribution is -2.27. The molecule has 0 bridgehead atoms. The van der Waals surface area contributed by atoms with Crippen molar-refractivity contribution in [3.8, 4) is 22.3 Å². The summed E-state index contributed by atoms with van der Waals surface area (Å²) >= 11 is 4.94. The van der Waals surface area contributed by atoms with E-state index in [2.05, 4.69) is 118 Å². The van der Waals surface area contributed by atoms with Crippen molar-refractivity contribution in [2.45, 2.75) is 167 Å². The highest BCUT2D eigenvalue weighted by Gasteiger charge is 2.49. The SMILES string of the molecule is CCCCCCC1(CCCCCC)c2cc3c(cc2-c2c1cc(I)c1nonc21)C(CCCCCC)(CCCCCC)c1cc(I)c2nonc2c1-3. The fourth-order valence-corrected chi connectivity index (χ4v) is 11.3. The van der Waals surface area contributed by atoms with E-state index < -0.39 is 0 Å². The Kier molecular flexibility index (Phi) is 12.3. The molecule has 2 heterocycles. The van der Waals surface area contributed by atoms with E-state index in [-0.39, 0.29) is 10.8 Å². The molecular weight excluding hydrogens is 870 g/mol. The van der Waals surface area contributed by atoms with Crippen molar-refractivity contribution < 1.29 is 9.26 Å². The molecule has 0 spiro atoms. The quantitative estimate of drug-likeness (QED) is 0.0572. The van der Waals surface area contributed by atoms with Crippen LogP contribution in [-0.4, -0.2) is 20.6 Å². The Labute approximate surface area is 337 Å². The van der Waals surface area contributed by atoms with E-state index in [4.69, 9.17) is 9.26 Å². The molecular formula is C44H56I2N4O2. The predicted molar refractivity (Wildman–Crippen MR) is 230 cm³/mol. The number of hydrogen-bond donors (Lipinski definition) is 0. The summed E-state index contributed by atoms with van der Waals surface area (Å²) in [5, 5.41) is 18.2. The zero-order chi connectivity index (χ0) is 36.3. The molecule has 278 valence electrons. The molecule has 0 fully saturated rings. The van der Waals surface area contributed by atoms with Gasteiger partial charge in [-0.25, -0.2) is 9.26 Å². The number of hydrogen-bond acceptors (Lipinski definition) is 6. The van der Waals surface area contributed by atoms with Gasteiger partial charge in [-0.15, -0.1) is 0 Å². The number of benzene rings is 3. The van der Waals surface area contributed by atoms with Crippen molar-refractivity contribution in [1.82, 2.24) is 20.6 Å². The number of rotatable bonds is 20. The summed E-state index contributed by atoms with van der Waals surface area (Å²) in [5.41, 5.74) is 14.5. The maximum Gasteiger partial charge on any atom is 0.149 e. The van der Waals surface area contributed by atoms with Crippen LogP contribution in [-0.2, 0) is 10.8 Å². The Morgan fingerprint density at radius 3 is 1.08 bits per heavy atom. The van der Waals surface area contributed by atoms with Gasteiger partial charge in [0.1, 0.15) is 22.1 Å². The van der Waals surface area contributed by atoms with Crippen molar-refractivity contribution in [3.63, 3.8) is 0 Å². The summed E-state index contributed by atoms with van der Waals surface area (Å²) < 4.78 is 13.3. The van der Waals surface area contributed by atoms with Crippen LogP contribution in [0.3, 0.4) is 0 Å². The molecule has 2 aliphatic carbocycles. The zero-order valence-electron chi connectivity index (χ0n) is 31.8. The highest BCUT2D eigenvalue weighted by molar-refractivity contribution is 14.1. The largest absolute Gasteiger partial charge is 0.243 e. The second kappa shape index (κ2) is 16.7. The normalized spacial score (nSPS) is 15.0. The van der Waals surface area contributed by atoms with Crippen LogP contribution in [0.25, 0.3) is 44.3 Å². The minimum absolute atomic E-state index is 0.0910. The molecule has 0 amide bonds. The minimum atomic E-state index is -0.0910. The minimum Gasteiger partial charge on any atom is -0.243 e. The standard InChI is InChI=1S/C44H56I2N4O2/c1-5-9-13-17-21-43(22-18-14-10-6-2)31-25-30-32(26-29(31)37-33(43)27-35(45)39-41(37)49-51-47-39)44(23-19-15-11-7-3,24-20-16-12-8-4)34-28-36(46)40-42(38(30)34)50-52-48-40/h25-28H,5-24H2,1-4H3. The van der Waals surface area contributed by atoms with Crippen LogP contribution in [0.4, 0.5) is 0 Å². The Balaban J connectivity index is 1.51. The smallest absolute Gasteiger partial charge is 0.149 e. The molecule has 0 saturated carbocycles. The summed E-state index contributed by atoms with van der Waals surface area (Å²) in [7, 11) is 0. The van der Waals surface area contributed by atoms with Gasteiger partial charge >= 0.3 is 0 Å². The summed E-state index contributed by atoms with van der Waals surface area (Å²) in [6.45, 7) is 9.26. The van der Waals surface area contributed by atoms with Gasteiger partial charge in [-0.05, 0) is 149 Å². The lowest BCUT2D eigenvalue weighted by Gasteiger charge is -2.35. The molecule has 0 unspecified atom stereocenters. The molecule has 52 heavy (non-hydrogen) atoms. The summed E-state index contributed by atoms with van der Waals surface area (Å²) in [6.07, 6.45) is 24.6. The van der Waals surface area contributed by atoms with E-state index in [1.165, 1.54) is 147 Å². The van der Waals surface area contributed by atoms with E-state index in [1.807, 2.05) is 0 Å². The molecule has 0 saturated heterocycles. The topological polar surface area (TPSA) is 77.8 Å². The van der Waals surface area contributed by atoms with Crippen molar-refractivity contribution in [2.24, 2.45) is 0 Å². The third-order valence-corrected chi connectivity index (χ3v) is 14.2. The van der Waals surface area contributed by atoms with E-state index >= 15 is 0 Å². The van der Waals surface area contributed by atoms with E-state index in [9.17, 15) is 0 Å². The first-order valence-electron chi connectivity index (χ1n) is 20.6. The van der Waals surface area contributed by atoms with E-state index in [0.29, 0.717) is 0 Å². The van der Waals surface area contributed by atoms with Gasteiger partial charge in [-0.2, -0.15) is 0 Å². The fourth-order valence-electron chi connectivity index (χ4n) is 9.95. The first-order chi connectivity index (χ1) is 25.5. The third kappa shape index (κ3) is 6.65. The van der Waals surface area contributed by atoms with Gasteiger partial charge in [0, 0.05) is 29.1 Å². The van der Waals surface area contributed by atoms with Crippen molar-refractivity contribution >= 4 is 67.2 Å². The van der Waals surface area contributed by atoms with Crippen molar-refractivity contribution in [3.05, 3.63) is 53.7 Å². The second-order valence-corrected chi connectivity index (χ2v) is 18.2. The van der Waals surface area contributed by atoms with Crippen LogP contribution in [0, 0.1) is 7.14 Å². The van der Waals surface area contributed by atoms with Crippen LogP contribution < -0.4 is 0 Å². The summed E-state index contributed by atoms with van der Waals surface area (Å²) in [4.78, 5) is 0. The van der Waals surface area contributed by atoms with Crippen LogP contribution in [0.1, 0.15) is 178 Å². The monoisotopic (exact) mass is 926 g/mol. The Bertz CT molecular complexity index is 1850. The summed E-state index contributed by atoms with van der Waals surface area (Å²) in [5.74, 6) is 0. The number of aromatic nitrogens is 4. The van der Waals surface area contributed by atoms with Crippen LogP contribution in [0.5, 0.6) is 0 Å². The lowest BCUT2D eigenvalue weighted by atomic mass is 9.68. The lowest BCUT2D eigenvalue weighted by molar-refractivity contribution is 0.315.